The first kappa shape index (κ1) is 15.3. The van der Waals surface area contributed by atoms with Crippen LogP contribution in [0.5, 0.6) is 5.75 Å². The number of carbonyl (C=O) groups is 2. The molecule has 1 aromatic carbocycles. The molecule has 1 N–H and O–H groups in total. The number of carboxylic acids is 1. The average Bonchev–Trinajstić information content (AvgIpc) is 2.36. The molecule has 0 saturated heterocycles. The van der Waals surface area contributed by atoms with E-state index in [0.717, 1.165) is 4.90 Å². The van der Waals surface area contributed by atoms with Crippen LogP contribution in [0.15, 0.2) is 18.2 Å². The average molecular weight is 286 g/mol. The van der Waals surface area contributed by atoms with E-state index in [-0.39, 0.29) is 5.56 Å². The van der Waals surface area contributed by atoms with Gasteiger partial charge in [-0.2, -0.15) is 0 Å². The highest BCUT2D eigenvalue weighted by atomic mass is 35.5. The Kier molecular flexibility index (Phi) is 4.42. The summed E-state index contributed by atoms with van der Waals surface area (Å²) in [6, 6.07) is 4.62. The number of amides is 1. The molecule has 5 nitrogen and oxygen atoms in total. The van der Waals surface area contributed by atoms with Crippen LogP contribution in [0.1, 0.15) is 24.2 Å². The Bertz CT molecular complexity index is 513. The summed E-state index contributed by atoms with van der Waals surface area (Å²) in [7, 11) is 2.86. The Labute approximate surface area is 116 Å². The minimum atomic E-state index is -1.33. The summed E-state index contributed by atoms with van der Waals surface area (Å²) in [6.07, 6.45) is 0. The highest BCUT2D eigenvalue weighted by Crippen LogP contribution is 2.26. The second-order valence-electron chi connectivity index (χ2n) is 4.57. The Morgan fingerprint density at radius 3 is 2.42 bits per heavy atom. The van der Waals surface area contributed by atoms with Crippen LogP contribution < -0.4 is 4.74 Å². The number of rotatable bonds is 4. The topological polar surface area (TPSA) is 66.8 Å². The predicted octanol–water partition coefficient (Wildman–Crippen LogP) is 2.28. The third kappa shape index (κ3) is 2.98. The molecule has 0 aliphatic rings. The smallest absolute Gasteiger partial charge is 0.329 e. The van der Waals surface area contributed by atoms with Gasteiger partial charge in [-0.1, -0.05) is 11.6 Å². The van der Waals surface area contributed by atoms with Crippen LogP contribution in [0.2, 0.25) is 5.02 Å². The third-order valence-electron chi connectivity index (χ3n) is 3.06. The fourth-order valence-electron chi connectivity index (χ4n) is 1.43. The van der Waals surface area contributed by atoms with Crippen molar-refractivity contribution in [1.29, 1.82) is 0 Å². The Morgan fingerprint density at radius 2 is 1.95 bits per heavy atom. The molecular weight excluding hydrogens is 270 g/mol. The van der Waals surface area contributed by atoms with Gasteiger partial charge in [0.1, 0.15) is 11.3 Å². The van der Waals surface area contributed by atoms with E-state index in [1.165, 1.54) is 34.1 Å². The summed E-state index contributed by atoms with van der Waals surface area (Å²) in [5, 5.41) is 9.52. The Morgan fingerprint density at radius 1 is 1.37 bits per heavy atom. The predicted molar refractivity (Wildman–Crippen MR) is 71.8 cm³/mol. The van der Waals surface area contributed by atoms with Gasteiger partial charge in [-0.15, -0.1) is 0 Å². The molecule has 0 aromatic heterocycles. The molecule has 104 valence electrons. The van der Waals surface area contributed by atoms with Crippen molar-refractivity contribution < 1.29 is 19.4 Å². The molecule has 1 amide bonds. The fraction of sp³-hybridized carbons (Fsp3) is 0.385. The summed E-state index contributed by atoms with van der Waals surface area (Å²) < 4.78 is 5.09. The lowest BCUT2D eigenvalue weighted by molar-refractivity contribution is -0.147. The van der Waals surface area contributed by atoms with Gasteiger partial charge >= 0.3 is 5.97 Å². The van der Waals surface area contributed by atoms with Crippen LogP contribution in [0, 0.1) is 0 Å². The van der Waals surface area contributed by atoms with Crippen molar-refractivity contribution in [3.8, 4) is 5.75 Å². The summed E-state index contributed by atoms with van der Waals surface area (Å²) >= 11 is 5.86. The molecule has 0 saturated carbocycles. The number of carbonyl (C=O) groups excluding carboxylic acids is 1. The zero-order chi connectivity index (χ0) is 14.8. The Balaban J connectivity index is 3.20. The summed E-state index contributed by atoms with van der Waals surface area (Å²) in [5.41, 5.74) is -1.10. The lowest BCUT2D eigenvalue weighted by Crippen LogP contribution is -2.50. The molecule has 1 rings (SSSR count). The van der Waals surface area contributed by atoms with Crippen LogP contribution in [0.4, 0.5) is 0 Å². The largest absolute Gasteiger partial charge is 0.496 e. The second-order valence-corrected chi connectivity index (χ2v) is 5.01. The van der Waals surface area contributed by atoms with Crippen LogP contribution >= 0.6 is 11.6 Å². The fourth-order valence-corrected chi connectivity index (χ4v) is 1.60. The maximum absolute atomic E-state index is 12.4. The molecule has 6 heteroatoms. The summed E-state index contributed by atoms with van der Waals surface area (Å²) in [4.78, 5) is 24.7. The summed E-state index contributed by atoms with van der Waals surface area (Å²) in [6.45, 7) is 2.90. The van der Waals surface area contributed by atoms with E-state index < -0.39 is 17.4 Å². The maximum Gasteiger partial charge on any atom is 0.329 e. The monoisotopic (exact) mass is 285 g/mol. The van der Waals surface area contributed by atoms with Gasteiger partial charge in [0, 0.05) is 12.1 Å². The number of halogens is 1. The van der Waals surface area contributed by atoms with Crippen LogP contribution in [-0.4, -0.2) is 41.6 Å². The summed E-state index contributed by atoms with van der Waals surface area (Å²) in [5.74, 6) is -1.21. The van der Waals surface area contributed by atoms with E-state index in [2.05, 4.69) is 0 Å². The van der Waals surface area contributed by atoms with Crippen molar-refractivity contribution in [1.82, 2.24) is 4.90 Å². The quantitative estimate of drug-likeness (QED) is 0.922. The minimum absolute atomic E-state index is 0.229. The molecule has 1 aromatic rings. The number of hydrogen-bond acceptors (Lipinski definition) is 3. The number of benzene rings is 1. The molecule has 0 heterocycles. The van der Waals surface area contributed by atoms with E-state index in [1.807, 2.05) is 0 Å². The van der Waals surface area contributed by atoms with Crippen LogP contribution in [-0.2, 0) is 4.79 Å². The Hall–Kier alpha value is -1.75. The molecule has 0 aliphatic carbocycles. The van der Waals surface area contributed by atoms with Crippen LogP contribution in [0.25, 0.3) is 0 Å². The van der Waals surface area contributed by atoms with Crippen molar-refractivity contribution >= 4 is 23.5 Å². The third-order valence-corrected chi connectivity index (χ3v) is 3.29. The van der Waals surface area contributed by atoms with Gasteiger partial charge in [0.25, 0.3) is 5.91 Å². The number of nitrogens with zero attached hydrogens (tertiary/aromatic N) is 1. The van der Waals surface area contributed by atoms with Gasteiger partial charge in [-0.3, -0.25) is 4.79 Å². The van der Waals surface area contributed by atoms with Gasteiger partial charge in [0.15, 0.2) is 0 Å². The highest BCUT2D eigenvalue weighted by Gasteiger charge is 2.36. The second kappa shape index (κ2) is 5.48. The number of ether oxygens (including phenoxy) is 1. The van der Waals surface area contributed by atoms with Gasteiger partial charge in [-0.05, 0) is 32.0 Å². The molecular formula is C13H16ClNO4. The van der Waals surface area contributed by atoms with E-state index in [9.17, 15) is 9.59 Å². The molecule has 0 radical (unpaired) electrons. The van der Waals surface area contributed by atoms with Crippen molar-refractivity contribution in [3.05, 3.63) is 28.8 Å². The molecule has 0 fully saturated rings. The van der Waals surface area contributed by atoms with Crippen molar-refractivity contribution in [2.75, 3.05) is 14.2 Å². The van der Waals surface area contributed by atoms with E-state index in [1.54, 1.807) is 12.1 Å². The first-order chi connectivity index (χ1) is 8.71. The number of hydrogen-bond donors (Lipinski definition) is 1. The standard InChI is InChI=1S/C13H16ClNO4/c1-13(2,12(17)18)15(3)11(16)9-7-8(14)5-6-10(9)19-4/h5-7H,1-4H3,(H,17,18). The molecule has 0 unspecified atom stereocenters. The molecule has 0 aliphatic heterocycles. The van der Waals surface area contributed by atoms with E-state index >= 15 is 0 Å². The zero-order valence-electron chi connectivity index (χ0n) is 11.2. The van der Waals surface area contributed by atoms with Gasteiger partial charge in [0.2, 0.25) is 0 Å². The van der Waals surface area contributed by atoms with Crippen molar-refractivity contribution in [2.45, 2.75) is 19.4 Å². The number of likely N-dealkylation sites (N-methyl/N-ethyl adjacent to an activating group) is 1. The van der Waals surface area contributed by atoms with Gasteiger partial charge in [-0.25, -0.2) is 4.79 Å². The lowest BCUT2D eigenvalue weighted by Gasteiger charge is -2.31. The maximum atomic E-state index is 12.4. The molecule has 0 bridgehead atoms. The molecule has 0 spiro atoms. The number of carboxylic acid groups (broad SMARTS) is 1. The molecule has 0 atom stereocenters. The number of methoxy groups -OCH3 is 1. The normalized spacial score (nSPS) is 11.0. The first-order valence-corrected chi connectivity index (χ1v) is 5.94. The van der Waals surface area contributed by atoms with Crippen molar-refractivity contribution in [2.24, 2.45) is 0 Å². The first-order valence-electron chi connectivity index (χ1n) is 5.57. The lowest BCUT2D eigenvalue weighted by atomic mass is 10.0. The van der Waals surface area contributed by atoms with Gasteiger partial charge < -0.3 is 14.7 Å². The van der Waals surface area contributed by atoms with E-state index in [4.69, 9.17) is 21.4 Å². The zero-order valence-corrected chi connectivity index (χ0v) is 12.0. The molecule has 19 heavy (non-hydrogen) atoms. The van der Waals surface area contributed by atoms with Crippen LogP contribution in [0.3, 0.4) is 0 Å². The number of aliphatic carboxylic acids is 1. The van der Waals surface area contributed by atoms with Crippen molar-refractivity contribution in [3.63, 3.8) is 0 Å². The highest BCUT2D eigenvalue weighted by molar-refractivity contribution is 6.31. The van der Waals surface area contributed by atoms with E-state index in [0.29, 0.717) is 10.8 Å². The van der Waals surface area contributed by atoms with Gasteiger partial charge in [0.05, 0.1) is 12.7 Å². The SMILES string of the molecule is COc1ccc(Cl)cc1C(=O)N(C)C(C)(C)C(=O)O. The minimum Gasteiger partial charge on any atom is -0.496 e.